The molecule has 0 atom stereocenters. The Bertz CT molecular complexity index is 614. The zero-order valence-corrected chi connectivity index (χ0v) is 11.9. The van der Waals surface area contributed by atoms with Crippen LogP contribution in [0, 0.1) is 6.92 Å². The molecular weight excluding hydrogens is 274 g/mol. The minimum atomic E-state index is 0.510. The fraction of sp³-hybridized carbons (Fsp3) is 0.286. The number of nitrogens with two attached hydrogens (primary N) is 1. The van der Waals surface area contributed by atoms with E-state index in [0.717, 1.165) is 27.9 Å². The second-order valence-electron chi connectivity index (χ2n) is 4.44. The Morgan fingerprint density at radius 1 is 1.15 bits per heavy atom. The summed E-state index contributed by atoms with van der Waals surface area (Å²) in [5, 5.41) is 0. The van der Waals surface area contributed by atoms with Gasteiger partial charge in [0.15, 0.2) is 11.5 Å². The van der Waals surface area contributed by atoms with Crippen molar-refractivity contribution in [1.29, 1.82) is 0 Å². The molecule has 5 nitrogen and oxygen atoms in total. The molecule has 6 heteroatoms. The van der Waals surface area contributed by atoms with Crippen LogP contribution in [-0.2, 0) is 5.75 Å². The van der Waals surface area contributed by atoms with Crippen LogP contribution in [-0.4, -0.2) is 23.2 Å². The first-order valence-electron chi connectivity index (χ1n) is 6.33. The van der Waals surface area contributed by atoms with E-state index in [1.165, 1.54) is 0 Å². The Morgan fingerprint density at radius 3 is 2.75 bits per heavy atom. The molecule has 1 aliphatic rings. The van der Waals surface area contributed by atoms with E-state index in [4.69, 9.17) is 15.2 Å². The van der Waals surface area contributed by atoms with Crippen LogP contribution in [0.1, 0.15) is 11.5 Å². The third kappa shape index (κ3) is 2.96. The van der Waals surface area contributed by atoms with Crippen molar-refractivity contribution in [3.63, 3.8) is 0 Å². The number of rotatable bonds is 3. The number of nitrogen functional groups attached to an aromatic ring is 1. The van der Waals surface area contributed by atoms with Crippen LogP contribution in [0.4, 0.5) is 5.82 Å². The van der Waals surface area contributed by atoms with Crippen molar-refractivity contribution in [1.82, 2.24) is 9.97 Å². The largest absolute Gasteiger partial charge is 0.486 e. The first kappa shape index (κ1) is 13.1. The minimum Gasteiger partial charge on any atom is -0.486 e. The first-order valence-corrected chi connectivity index (χ1v) is 7.32. The second-order valence-corrected chi connectivity index (χ2v) is 5.49. The van der Waals surface area contributed by atoms with Crippen LogP contribution in [0.5, 0.6) is 11.5 Å². The van der Waals surface area contributed by atoms with Crippen LogP contribution in [0.15, 0.2) is 29.2 Å². The first-order chi connectivity index (χ1) is 9.70. The maximum absolute atomic E-state index is 5.72. The van der Waals surface area contributed by atoms with Crippen molar-refractivity contribution in [2.45, 2.75) is 17.6 Å². The molecule has 0 saturated carbocycles. The van der Waals surface area contributed by atoms with E-state index in [9.17, 15) is 0 Å². The number of hydrogen-bond donors (Lipinski definition) is 1. The molecule has 0 bridgehead atoms. The monoisotopic (exact) mass is 289 g/mol. The van der Waals surface area contributed by atoms with Crippen LogP contribution in [0.25, 0.3) is 0 Å². The summed E-state index contributed by atoms with van der Waals surface area (Å²) in [6, 6.07) is 7.69. The van der Waals surface area contributed by atoms with E-state index in [1.54, 1.807) is 17.8 Å². The summed E-state index contributed by atoms with van der Waals surface area (Å²) < 4.78 is 11.1. The summed E-state index contributed by atoms with van der Waals surface area (Å²) in [6.45, 7) is 3.12. The molecule has 0 fully saturated rings. The fourth-order valence-corrected chi connectivity index (χ4v) is 2.76. The number of nitrogens with zero attached hydrogens (tertiary/aromatic N) is 2. The normalized spacial score (nSPS) is 13.2. The fourth-order valence-electron chi connectivity index (χ4n) is 1.98. The molecule has 0 unspecified atom stereocenters. The van der Waals surface area contributed by atoms with Crippen LogP contribution in [0.2, 0.25) is 0 Å². The topological polar surface area (TPSA) is 70.3 Å². The van der Waals surface area contributed by atoms with Gasteiger partial charge in [-0.25, -0.2) is 9.97 Å². The van der Waals surface area contributed by atoms with Gasteiger partial charge in [0.05, 0.1) is 5.75 Å². The van der Waals surface area contributed by atoms with E-state index in [2.05, 4.69) is 9.97 Å². The Labute approximate surface area is 121 Å². The lowest BCUT2D eigenvalue weighted by Gasteiger charge is -2.18. The van der Waals surface area contributed by atoms with Crippen LogP contribution in [0.3, 0.4) is 0 Å². The van der Waals surface area contributed by atoms with Crippen molar-refractivity contribution >= 4 is 17.6 Å². The zero-order valence-electron chi connectivity index (χ0n) is 11.1. The molecule has 0 aliphatic carbocycles. The van der Waals surface area contributed by atoms with E-state index in [-0.39, 0.29) is 0 Å². The van der Waals surface area contributed by atoms with E-state index in [1.807, 2.05) is 25.1 Å². The minimum absolute atomic E-state index is 0.510. The molecule has 0 spiro atoms. The van der Waals surface area contributed by atoms with Crippen molar-refractivity contribution in [2.24, 2.45) is 0 Å². The molecule has 0 saturated heterocycles. The highest BCUT2D eigenvalue weighted by Gasteiger charge is 2.12. The van der Waals surface area contributed by atoms with Gasteiger partial charge in [-0.05, 0) is 25.1 Å². The number of aromatic nitrogens is 2. The number of anilines is 1. The maximum Gasteiger partial charge on any atom is 0.162 e. The Kier molecular flexibility index (Phi) is 3.64. The van der Waals surface area contributed by atoms with E-state index >= 15 is 0 Å². The van der Waals surface area contributed by atoms with Gasteiger partial charge in [0.1, 0.15) is 24.9 Å². The van der Waals surface area contributed by atoms with Gasteiger partial charge in [-0.2, -0.15) is 0 Å². The van der Waals surface area contributed by atoms with Gasteiger partial charge in [-0.1, -0.05) is 0 Å². The molecule has 104 valence electrons. The third-order valence-corrected chi connectivity index (χ3v) is 3.79. The molecule has 3 rings (SSSR count). The molecule has 20 heavy (non-hydrogen) atoms. The van der Waals surface area contributed by atoms with Gasteiger partial charge in [0.2, 0.25) is 0 Å². The van der Waals surface area contributed by atoms with Gasteiger partial charge >= 0.3 is 0 Å². The lowest BCUT2D eigenvalue weighted by atomic mass is 10.3. The molecule has 0 amide bonds. The van der Waals surface area contributed by atoms with Gasteiger partial charge < -0.3 is 15.2 Å². The third-order valence-electron chi connectivity index (χ3n) is 2.80. The van der Waals surface area contributed by atoms with Gasteiger partial charge in [0.25, 0.3) is 0 Å². The summed E-state index contributed by atoms with van der Waals surface area (Å²) in [7, 11) is 0. The van der Waals surface area contributed by atoms with Gasteiger partial charge in [-0.3, -0.25) is 0 Å². The van der Waals surface area contributed by atoms with Crippen LogP contribution < -0.4 is 15.2 Å². The van der Waals surface area contributed by atoms with Crippen LogP contribution >= 0.6 is 11.8 Å². The smallest absolute Gasteiger partial charge is 0.162 e. The molecule has 0 radical (unpaired) electrons. The molecular formula is C14H15N3O2S. The predicted octanol–water partition coefficient (Wildman–Crippen LogP) is 2.43. The van der Waals surface area contributed by atoms with Gasteiger partial charge in [0, 0.05) is 16.7 Å². The van der Waals surface area contributed by atoms with Crippen molar-refractivity contribution in [3.8, 4) is 11.5 Å². The summed E-state index contributed by atoms with van der Waals surface area (Å²) in [5.41, 5.74) is 6.61. The zero-order chi connectivity index (χ0) is 13.9. The van der Waals surface area contributed by atoms with Crippen molar-refractivity contribution in [3.05, 3.63) is 35.8 Å². The van der Waals surface area contributed by atoms with Crippen molar-refractivity contribution in [2.75, 3.05) is 18.9 Å². The molecule has 1 aromatic carbocycles. The predicted molar refractivity (Wildman–Crippen MR) is 78.2 cm³/mol. The standard InChI is InChI=1S/C14H15N3O2S/c1-9-6-13(15)17-14(16-9)8-20-10-2-3-11-12(7-10)19-5-4-18-11/h2-3,6-7H,4-5,8H2,1H3,(H2,15,16,17). The Balaban J connectivity index is 1.71. The van der Waals surface area contributed by atoms with E-state index in [0.29, 0.717) is 24.8 Å². The average molecular weight is 289 g/mol. The summed E-state index contributed by atoms with van der Waals surface area (Å²) >= 11 is 1.65. The summed E-state index contributed by atoms with van der Waals surface area (Å²) in [5.74, 6) is 3.52. The number of benzene rings is 1. The number of fused-ring (bicyclic) bond motifs is 1. The molecule has 1 aliphatic heterocycles. The molecule has 1 aromatic heterocycles. The lowest BCUT2D eigenvalue weighted by Crippen LogP contribution is -2.15. The Hall–Kier alpha value is -1.95. The lowest BCUT2D eigenvalue weighted by molar-refractivity contribution is 0.171. The summed E-state index contributed by atoms with van der Waals surface area (Å²) in [4.78, 5) is 9.69. The quantitative estimate of drug-likeness (QED) is 0.875. The molecule has 2 heterocycles. The number of thioether (sulfide) groups is 1. The molecule has 2 N–H and O–H groups in total. The number of ether oxygens (including phenoxy) is 2. The maximum atomic E-state index is 5.72. The SMILES string of the molecule is Cc1cc(N)nc(CSc2ccc3c(c2)OCCO3)n1. The highest BCUT2D eigenvalue weighted by molar-refractivity contribution is 7.98. The number of hydrogen-bond acceptors (Lipinski definition) is 6. The Morgan fingerprint density at radius 2 is 1.95 bits per heavy atom. The van der Waals surface area contributed by atoms with E-state index < -0.39 is 0 Å². The van der Waals surface area contributed by atoms with Gasteiger partial charge in [-0.15, -0.1) is 11.8 Å². The molecule has 2 aromatic rings. The average Bonchev–Trinajstić information content (AvgIpc) is 2.44. The highest BCUT2D eigenvalue weighted by atomic mass is 32.2. The summed E-state index contributed by atoms with van der Waals surface area (Å²) in [6.07, 6.45) is 0. The number of aryl methyl sites for hydroxylation is 1. The highest BCUT2D eigenvalue weighted by Crippen LogP contribution is 2.34. The second kappa shape index (κ2) is 5.58. The van der Waals surface area contributed by atoms with Crippen molar-refractivity contribution < 1.29 is 9.47 Å².